The molecule has 0 aromatic heterocycles. The van der Waals surface area contributed by atoms with Crippen LogP contribution in [0.1, 0.15) is 42.6 Å². The van der Waals surface area contributed by atoms with E-state index in [1.54, 1.807) is 12.1 Å². The predicted molar refractivity (Wildman–Crippen MR) is 106 cm³/mol. The van der Waals surface area contributed by atoms with Crippen LogP contribution in [0, 0.1) is 5.92 Å². The minimum absolute atomic E-state index is 0.121. The Morgan fingerprint density at radius 2 is 2.04 bits per heavy atom. The van der Waals surface area contributed by atoms with E-state index in [2.05, 4.69) is 29.3 Å². The fraction of sp³-hybridized carbons (Fsp3) is 0.409. The van der Waals surface area contributed by atoms with Crippen molar-refractivity contribution in [3.8, 4) is 5.75 Å². The number of carbonyl (C=O) groups excluding carboxylic acids is 1. The first-order valence-electron chi connectivity index (χ1n) is 9.49. The number of carbonyl (C=O) groups is 1. The molecule has 1 atom stereocenters. The van der Waals surface area contributed by atoms with Crippen molar-refractivity contribution in [2.45, 2.75) is 33.2 Å². The second-order valence-corrected chi connectivity index (χ2v) is 7.09. The summed E-state index contributed by atoms with van der Waals surface area (Å²) in [5, 5.41) is 2.96. The average Bonchev–Trinajstić information content (AvgIpc) is 2.64. The summed E-state index contributed by atoms with van der Waals surface area (Å²) in [6.45, 7) is 8.18. The van der Waals surface area contributed by atoms with Gasteiger partial charge in [-0.3, -0.25) is 9.69 Å². The quantitative estimate of drug-likeness (QED) is 0.828. The fourth-order valence-corrected chi connectivity index (χ4v) is 3.48. The van der Waals surface area contributed by atoms with E-state index in [0.717, 1.165) is 18.2 Å². The van der Waals surface area contributed by atoms with E-state index in [-0.39, 0.29) is 5.91 Å². The number of benzene rings is 2. The lowest BCUT2D eigenvalue weighted by molar-refractivity contribution is 0.102. The van der Waals surface area contributed by atoms with Crippen LogP contribution in [0.3, 0.4) is 0 Å². The molecule has 3 rings (SSSR count). The van der Waals surface area contributed by atoms with E-state index in [0.29, 0.717) is 17.9 Å². The topological polar surface area (TPSA) is 41.6 Å². The third-order valence-corrected chi connectivity index (χ3v) is 4.77. The predicted octanol–water partition coefficient (Wildman–Crippen LogP) is 4.57. The highest BCUT2D eigenvalue weighted by Gasteiger charge is 2.16. The van der Waals surface area contributed by atoms with Crippen molar-refractivity contribution < 1.29 is 9.53 Å². The molecule has 26 heavy (non-hydrogen) atoms. The summed E-state index contributed by atoms with van der Waals surface area (Å²) in [6.07, 6.45) is 2.63. The molecule has 138 valence electrons. The third-order valence-electron chi connectivity index (χ3n) is 4.77. The highest BCUT2D eigenvalue weighted by Crippen LogP contribution is 2.19. The molecule has 2 aromatic carbocycles. The zero-order valence-electron chi connectivity index (χ0n) is 15.7. The molecule has 0 spiro atoms. The largest absolute Gasteiger partial charge is 0.494 e. The first-order chi connectivity index (χ1) is 12.6. The van der Waals surface area contributed by atoms with Crippen LogP contribution in [0.4, 0.5) is 5.69 Å². The molecule has 1 unspecified atom stereocenters. The van der Waals surface area contributed by atoms with Crippen LogP contribution < -0.4 is 10.1 Å². The Morgan fingerprint density at radius 1 is 1.23 bits per heavy atom. The van der Waals surface area contributed by atoms with Gasteiger partial charge in [0.25, 0.3) is 5.91 Å². The highest BCUT2D eigenvalue weighted by atomic mass is 16.5. The molecule has 0 radical (unpaired) electrons. The van der Waals surface area contributed by atoms with Crippen molar-refractivity contribution in [1.82, 2.24) is 4.90 Å². The van der Waals surface area contributed by atoms with Crippen LogP contribution in [0.5, 0.6) is 5.75 Å². The van der Waals surface area contributed by atoms with E-state index < -0.39 is 0 Å². The molecule has 1 N–H and O–H groups in total. The van der Waals surface area contributed by atoms with Crippen LogP contribution in [0.15, 0.2) is 48.5 Å². The Bertz CT molecular complexity index is 727. The number of ether oxygens (including phenoxy) is 1. The standard InChI is InChI=1S/C22H28N2O2/c1-3-26-21-8-4-7-19(14-21)22(25)23-20-11-9-18(10-12-20)16-24-13-5-6-17(2)15-24/h4,7-12,14,17H,3,5-6,13,15-16H2,1-2H3,(H,23,25). The van der Waals surface area contributed by atoms with Crippen LogP contribution in [-0.4, -0.2) is 30.5 Å². The van der Waals surface area contributed by atoms with Crippen LogP contribution in [0.25, 0.3) is 0 Å². The van der Waals surface area contributed by atoms with Gasteiger partial charge < -0.3 is 10.1 Å². The van der Waals surface area contributed by atoms with Crippen molar-refractivity contribution in [2.75, 3.05) is 25.0 Å². The van der Waals surface area contributed by atoms with Gasteiger partial charge >= 0.3 is 0 Å². The van der Waals surface area contributed by atoms with Crippen molar-refractivity contribution in [1.29, 1.82) is 0 Å². The second kappa shape index (κ2) is 8.86. The maximum Gasteiger partial charge on any atom is 0.255 e. The van der Waals surface area contributed by atoms with E-state index in [9.17, 15) is 4.79 Å². The molecule has 1 saturated heterocycles. The zero-order chi connectivity index (χ0) is 18.4. The molecule has 0 aliphatic carbocycles. The number of anilines is 1. The molecule has 1 heterocycles. The average molecular weight is 352 g/mol. The number of likely N-dealkylation sites (tertiary alicyclic amines) is 1. The number of piperidine rings is 1. The summed E-state index contributed by atoms with van der Waals surface area (Å²) < 4.78 is 5.46. The van der Waals surface area contributed by atoms with Gasteiger partial charge in [0.1, 0.15) is 5.75 Å². The Hall–Kier alpha value is -2.33. The first kappa shape index (κ1) is 18.5. The van der Waals surface area contributed by atoms with E-state index >= 15 is 0 Å². The normalized spacial score (nSPS) is 17.7. The van der Waals surface area contributed by atoms with E-state index in [1.165, 1.54) is 31.5 Å². The molecule has 0 saturated carbocycles. The molecule has 1 fully saturated rings. The number of rotatable bonds is 6. The molecule has 1 aliphatic rings. The fourth-order valence-electron chi connectivity index (χ4n) is 3.48. The third kappa shape index (κ3) is 5.09. The van der Waals surface area contributed by atoms with Crippen LogP contribution >= 0.6 is 0 Å². The van der Waals surface area contributed by atoms with Gasteiger partial charge in [0.05, 0.1) is 6.61 Å². The van der Waals surface area contributed by atoms with Gasteiger partial charge in [0.15, 0.2) is 0 Å². The molecule has 4 heteroatoms. The molecule has 4 nitrogen and oxygen atoms in total. The Labute approximate surface area is 156 Å². The summed E-state index contributed by atoms with van der Waals surface area (Å²) >= 11 is 0. The monoisotopic (exact) mass is 352 g/mol. The van der Waals surface area contributed by atoms with Gasteiger partial charge in [0.2, 0.25) is 0 Å². The molecular formula is C22H28N2O2. The molecule has 0 bridgehead atoms. The summed E-state index contributed by atoms with van der Waals surface area (Å²) in [7, 11) is 0. The first-order valence-corrected chi connectivity index (χ1v) is 9.49. The van der Waals surface area contributed by atoms with Crippen molar-refractivity contribution in [3.63, 3.8) is 0 Å². The number of hydrogen-bond donors (Lipinski definition) is 1. The highest BCUT2D eigenvalue weighted by molar-refractivity contribution is 6.04. The molecular weight excluding hydrogens is 324 g/mol. The molecule has 1 aliphatic heterocycles. The van der Waals surface area contributed by atoms with Gasteiger partial charge in [-0.15, -0.1) is 0 Å². The summed E-state index contributed by atoms with van der Waals surface area (Å²) in [5.41, 5.74) is 2.70. The number of nitrogens with one attached hydrogen (secondary N) is 1. The minimum Gasteiger partial charge on any atom is -0.494 e. The van der Waals surface area contributed by atoms with Crippen molar-refractivity contribution in [3.05, 3.63) is 59.7 Å². The van der Waals surface area contributed by atoms with Gasteiger partial charge in [-0.2, -0.15) is 0 Å². The Balaban J connectivity index is 1.58. The Morgan fingerprint density at radius 3 is 2.77 bits per heavy atom. The van der Waals surface area contributed by atoms with Crippen LogP contribution in [0.2, 0.25) is 0 Å². The lowest BCUT2D eigenvalue weighted by Crippen LogP contribution is -2.33. The lowest BCUT2D eigenvalue weighted by Gasteiger charge is -2.30. The van der Waals surface area contributed by atoms with E-state index in [1.807, 2.05) is 31.2 Å². The number of amides is 1. The molecule has 2 aromatic rings. The van der Waals surface area contributed by atoms with Crippen molar-refractivity contribution in [2.24, 2.45) is 5.92 Å². The van der Waals surface area contributed by atoms with E-state index in [4.69, 9.17) is 4.74 Å². The zero-order valence-corrected chi connectivity index (χ0v) is 15.7. The van der Waals surface area contributed by atoms with Gasteiger partial charge in [-0.25, -0.2) is 0 Å². The maximum atomic E-state index is 12.4. The minimum atomic E-state index is -0.121. The number of nitrogens with zero attached hydrogens (tertiary/aromatic N) is 1. The maximum absolute atomic E-state index is 12.4. The van der Waals surface area contributed by atoms with Crippen molar-refractivity contribution >= 4 is 11.6 Å². The SMILES string of the molecule is CCOc1cccc(C(=O)Nc2ccc(CN3CCCC(C)C3)cc2)c1. The van der Waals surface area contributed by atoms with Gasteiger partial charge in [0, 0.05) is 24.3 Å². The van der Waals surface area contributed by atoms with Gasteiger partial charge in [-0.1, -0.05) is 25.1 Å². The summed E-state index contributed by atoms with van der Waals surface area (Å²) in [5.74, 6) is 1.38. The second-order valence-electron chi connectivity index (χ2n) is 7.09. The molecule has 1 amide bonds. The number of hydrogen-bond acceptors (Lipinski definition) is 3. The smallest absolute Gasteiger partial charge is 0.255 e. The Kier molecular flexibility index (Phi) is 6.29. The summed E-state index contributed by atoms with van der Waals surface area (Å²) in [6, 6.07) is 15.4. The van der Waals surface area contributed by atoms with Crippen LogP contribution in [-0.2, 0) is 6.54 Å². The summed E-state index contributed by atoms with van der Waals surface area (Å²) in [4.78, 5) is 14.9. The van der Waals surface area contributed by atoms with Gasteiger partial charge in [-0.05, 0) is 68.1 Å². The lowest BCUT2D eigenvalue weighted by atomic mass is 10.00.